The van der Waals surface area contributed by atoms with E-state index in [9.17, 15) is 0 Å². The maximum absolute atomic E-state index is 5.88. The molecule has 0 amide bonds. The highest BCUT2D eigenvalue weighted by molar-refractivity contribution is 9.10. The average Bonchev–Trinajstić information content (AvgIpc) is 2.90. The smallest absolute Gasteiger partial charge is 0.136 e. The topological polar surface area (TPSA) is 53.1 Å². The van der Waals surface area contributed by atoms with Crippen LogP contribution in [0.15, 0.2) is 41.4 Å². The summed E-state index contributed by atoms with van der Waals surface area (Å²) in [6, 6.07) is 6.06. The van der Waals surface area contributed by atoms with Gasteiger partial charge in [-0.2, -0.15) is 0 Å². The van der Waals surface area contributed by atoms with Crippen LogP contribution in [0.2, 0.25) is 0 Å². The van der Waals surface area contributed by atoms with Gasteiger partial charge >= 0.3 is 0 Å². The lowest BCUT2D eigenvalue weighted by Gasteiger charge is -2.13. The molecule has 0 radical (unpaired) electrons. The van der Waals surface area contributed by atoms with Gasteiger partial charge in [-0.25, -0.2) is 4.98 Å². The second-order valence-electron chi connectivity index (χ2n) is 4.27. The monoisotopic (exact) mass is 323 g/mol. The van der Waals surface area contributed by atoms with Gasteiger partial charge in [-0.3, -0.25) is 0 Å². The van der Waals surface area contributed by atoms with Gasteiger partial charge < -0.3 is 15.0 Å². The number of para-hydroxylation sites is 1. The number of hydrogen-bond acceptors (Lipinski definition) is 3. The van der Waals surface area contributed by atoms with Gasteiger partial charge in [-0.15, -0.1) is 0 Å². The predicted octanol–water partition coefficient (Wildman–Crippen LogP) is 2.62. The highest BCUT2D eigenvalue weighted by Crippen LogP contribution is 2.29. The third kappa shape index (κ3) is 4.08. The number of imidazole rings is 1. The third-order valence-electron chi connectivity index (χ3n) is 2.83. The zero-order valence-electron chi connectivity index (χ0n) is 10.8. The predicted molar refractivity (Wildman–Crippen MR) is 79.2 cm³/mol. The summed E-state index contributed by atoms with van der Waals surface area (Å²) in [4.78, 5) is 4.01. The van der Waals surface area contributed by atoms with E-state index in [4.69, 9.17) is 10.5 Å². The van der Waals surface area contributed by atoms with Gasteiger partial charge in [0.05, 0.1) is 17.4 Å². The molecule has 2 rings (SSSR count). The van der Waals surface area contributed by atoms with Gasteiger partial charge in [0.15, 0.2) is 0 Å². The molecule has 19 heavy (non-hydrogen) atoms. The van der Waals surface area contributed by atoms with Crippen molar-refractivity contribution in [1.82, 2.24) is 9.55 Å². The molecule has 0 saturated carbocycles. The molecule has 0 saturated heterocycles. The Morgan fingerprint density at radius 1 is 1.37 bits per heavy atom. The van der Waals surface area contributed by atoms with Gasteiger partial charge in [0.2, 0.25) is 0 Å². The molecule has 0 aliphatic carbocycles. The van der Waals surface area contributed by atoms with Crippen molar-refractivity contribution in [1.29, 1.82) is 0 Å². The molecule has 0 spiro atoms. The van der Waals surface area contributed by atoms with Crippen LogP contribution in [0.25, 0.3) is 0 Å². The highest BCUT2D eigenvalue weighted by atomic mass is 79.9. The zero-order valence-corrected chi connectivity index (χ0v) is 12.3. The van der Waals surface area contributed by atoms with Crippen molar-refractivity contribution in [2.24, 2.45) is 5.73 Å². The highest BCUT2D eigenvalue weighted by Gasteiger charge is 2.07. The Balaban J connectivity index is 1.88. The Morgan fingerprint density at radius 3 is 3.00 bits per heavy atom. The summed E-state index contributed by atoms with van der Waals surface area (Å²) in [7, 11) is 0. The number of halogens is 1. The number of aromatic nitrogens is 2. The van der Waals surface area contributed by atoms with Crippen molar-refractivity contribution in [3.8, 4) is 5.75 Å². The van der Waals surface area contributed by atoms with E-state index < -0.39 is 0 Å². The quantitative estimate of drug-likeness (QED) is 0.797. The normalized spacial score (nSPS) is 10.6. The molecule has 1 heterocycles. The molecule has 0 fully saturated rings. The van der Waals surface area contributed by atoms with Gasteiger partial charge in [-0.05, 0) is 46.9 Å². The molecule has 0 bridgehead atoms. The van der Waals surface area contributed by atoms with Crippen LogP contribution in [0.4, 0.5) is 0 Å². The molecule has 0 unspecified atom stereocenters. The molecule has 1 aromatic carbocycles. The molecule has 0 atom stereocenters. The lowest BCUT2D eigenvalue weighted by Crippen LogP contribution is -2.08. The van der Waals surface area contributed by atoms with Crippen molar-refractivity contribution >= 4 is 15.9 Å². The van der Waals surface area contributed by atoms with Crippen LogP contribution in [0.5, 0.6) is 5.75 Å². The first-order valence-electron chi connectivity index (χ1n) is 6.37. The van der Waals surface area contributed by atoms with E-state index in [0.717, 1.165) is 35.2 Å². The molecule has 4 nitrogen and oxygen atoms in total. The van der Waals surface area contributed by atoms with E-state index in [0.29, 0.717) is 13.2 Å². The number of rotatable bonds is 7. The third-order valence-corrected chi connectivity index (χ3v) is 3.45. The molecular formula is C14H18BrN3O. The minimum absolute atomic E-state index is 0.627. The molecule has 2 N–H and O–H groups in total. The zero-order chi connectivity index (χ0) is 13.5. The first kappa shape index (κ1) is 14.1. The summed E-state index contributed by atoms with van der Waals surface area (Å²) in [6.45, 7) is 2.22. The van der Waals surface area contributed by atoms with Crippen molar-refractivity contribution in [2.45, 2.75) is 19.4 Å². The first-order chi connectivity index (χ1) is 9.31. The van der Waals surface area contributed by atoms with E-state index in [1.54, 1.807) is 6.20 Å². The average molecular weight is 324 g/mol. The van der Waals surface area contributed by atoms with Gasteiger partial charge in [0, 0.05) is 18.9 Å². The molecule has 1 aromatic heterocycles. The standard InChI is InChI=1S/C14H18BrN3O/c15-13-4-1-3-12(5-6-16)14(13)19-10-2-8-18-9-7-17-11-18/h1,3-4,7,9,11H,2,5-6,8,10,16H2. The summed E-state index contributed by atoms with van der Waals surface area (Å²) in [6.07, 6.45) is 7.33. The number of aryl methyl sites for hydroxylation is 1. The van der Waals surface area contributed by atoms with Crippen LogP contribution in [0.1, 0.15) is 12.0 Å². The van der Waals surface area contributed by atoms with Crippen LogP contribution >= 0.6 is 15.9 Å². The first-order valence-corrected chi connectivity index (χ1v) is 7.16. The molecule has 0 aliphatic heterocycles. The largest absolute Gasteiger partial charge is 0.492 e. The van der Waals surface area contributed by atoms with E-state index >= 15 is 0 Å². The molecule has 102 valence electrons. The van der Waals surface area contributed by atoms with Crippen LogP contribution in [0, 0.1) is 0 Å². The lowest BCUT2D eigenvalue weighted by atomic mass is 10.1. The number of benzene rings is 1. The molecule has 2 aromatic rings. The van der Waals surface area contributed by atoms with Crippen LogP contribution < -0.4 is 10.5 Å². The second kappa shape index (κ2) is 7.31. The maximum Gasteiger partial charge on any atom is 0.136 e. The van der Waals surface area contributed by atoms with E-state index in [1.807, 2.05) is 29.2 Å². The molecular weight excluding hydrogens is 306 g/mol. The van der Waals surface area contributed by atoms with E-state index in [2.05, 4.69) is 27.0 Å². The lowest BCUT2D eigenvalue weighted by molar-refractivity contribution is 0.297. The van der Waals surface area contributed by atoms with E-state index in [1.165, 1.54) is 0 Å². The Labute approximate surface area is 121 Å². The fourth-order valence-corrected chi connectivity index (χ4v) is 2.43. The van der Waals surface area contributed by atoms with Crippen molar-refractivity contribution in [2.75, 3.05) is 13.2 Å². The number of ether oxygens (including phenoxy) is 1. The van der Waals surface area contributed by atoms with Crippen molar-refractivity contribution in [3.05, 3.63) is 47.0 Å². The van der Waals surface area contributed by atoms with Gasteiger partial charge in [-0.1, -0.05) is 12.1 Å². The number of hydrogen-bond donors (Lipinski definition) is 1. The Bertz CT molecular complexity index is 499. The van der Waals surface area contributed by atoms with Gasteiger partial charge in [0.1, 0.15) is 5.75 Å². The minimum atomic E-state index is 0.627. The van der Waals surface area contributed by atoms with Gasteiger partial charge in [0.25, 0.3) is 0 Å². The Morgan fingerprint density at radius 2 is 2.26 bits per heavy atom. The fraction of sp³-hybridized carbons (Fsp3) is 0.357. The van der Waals surface area contributed by atoms with E-state index in [-0.39, 0.29) is 0 Å². The fourth-order valence-electron chi connectivity index (χ4n) is 1.91. The summed E-state index contributed by atoms with van der Waals surface area (Å²) >= 11 is 3.53. The summed E-state index contributed by atoms with van der Waals surface area (Å²) in [5.41, 5.74) is 6.77. The second-order valence-corrected chi connectivity index (χ2v) is 5.12. The Hall–Kier alpha value is -1.33. The van der Waals surface area contributed by atoms with Crippen LogP contribution in [-0.2, 0) is 13.0 Å². The summed E-state index contributed by atoms with van der Waals surface area (Å²) < 4.78 is 8.92. The van der Waals surface area contributed by atoms with Crippen LogP contribution in [0.3, 0.4) is 0 Å². The van der Waals surface area contributed by atoms with Crippen molar-refractivity contribution < 1.29 is 4.74 Å². The van der Waals surface area contributed by atoms with Crippen LogP contribution in [-0.4, -0.2) is 22.7 Å². The molecule has 0 aliphatic rings. The maximum atomic E-state index is 5.88. The summed E-state index contributed by atoms with van der Waals surface area (Å²) in [5, 5.41) is 0. The summed E-state index contributed by atoms with van der Waals surface area (Å²) in [5.74, 6) is 0.915. The molecule has 5 heteroatoms. The number of nitrogens with zero attached hydrogens (tertiary/aromatic N) is 2. The number of nitrogens with two attached hydrogens (primary N) is 1. The SMILES string of the molecule is NCCc1cccc(Br)c1OCCCn1ccnc1. The minimum Gasteiger partial charge on any atom is -0.492 e. The van der Waals surface area contributed by atoms with Crippen molar-refractivity contribution in [3.63, 3.8) is 0 Å². The Kier molecular flexibility index (Phi) is 5.42.